The first kappa shape index (κ1) is 18.7. The lowest BCUT2D eigenvalue weighted by molar-refractivity contribution is 0.0937. The van der Waals surface area contributed by atoms with Crippen LogP contribution < -0.4 is 5.32 Å². The van der Waals surface area contributed by atoms with Crippen molar-refractivity contribution in [1.29, 1.82) is 0 Å². The highest BCUT2D eigenvalue weighted by Crippen LogP contribution is 2.38. The molecule has 1 aromatic heterocycles. The molecule has 0 bridgehead atoms. The van der Waals surface area contributed by atoms with Gasteiger partial charge in [-0.15, -0.1) is 17.9 Å². The summed E-state index contributed by atoms with van der Waals surface area (Å²) in [6, 6.07) is 6.72. The molecule has 26 heavy (non-hydrogen) atoms. The van der Waals surface area contributed by atoms with Crippen molar-refractivity contribution in [2.45, 2.75) is 11.4 Å². The number of amides is 1. The zero-order valence-electron chi connectivity index (χ0n) is 14.3. The van der Waals surface area contributed by atoms with E-state index in [-0.39, 0.29) is 23.9 Å². The average Bonchev–Trinajstić information content (AvgIpc) is 3.02. The van der Waals surface area contributed by atoms with Crippen molar-refractivity contribution < 1.29 is 17.9 Å². The third-order valence-corrected chi connectivity index (χ3v) is 6.80. The van der Waals surface area contributed by atoms with Crippen LogP contribution >= 0.6 is 11.3 Å². The van der Waals surface area contributed by atoms with Gasteiger partial charge < -0.3 is 10.1 Å². The first-order valence-corrected chi connectivity index (χ1v) is 10.2. The molecule has 0 atom stereocenters. The number of ether oxygens (including phenoxy) is 1. The van der Waals surface area contributed by atoms with Crippen molar-refractivity contribution in [3.63, 3.8) is 0 Å². The third-order valence-electron chi connectivity index (χ3n) is 3.90. The highest BCUT2D eigenvalue weighted by Gasteiger charge is 2.33. The summed E-state index contributed by atoms with van der Waals surface area (Å²) in [6.07, 6.45) is 1.55. The fraction of sp³-hybridized carbons (Fsp3) is 0.294. The molecule has 0 radical (unpaired) electrons. The van der Waals surface area contributed by atoms with E-state index in [1.54, 1.807) is 37.5 Å². The molecule has 9 heteroatoms. The number of nitrogens with zero attached hydrogens (tertiary/aromatic N) is 2. The molecule has 0 spiro atoms. The van der Waals surface area contributed by atoms with E-state index >= 15 is 0 Å². The minimum absolute atomic E-state index is 0.154. The van der Waals surface area contributed by atoms with Gasteiger partial charge in [0.2, 0.25) is 10.0 Å². The van der Waals surface area contributed by atoms with Crippen LogP contribution in [0.3, 0.4) is 0 Å². The number of thiazole rings is 1. The van der Waals surface area contributed by atoms with Crippen LogP contribution in [0.5, 0.6) is 0 Å². The molecule has 3 rings (SSSR count). The number of hydrogen-bond acceptors (Lipinski definition) is 6. The van der Waals surface area contributed by atoms with Gasteiger partial charge in [-0.25, -0.2) is 13.4 Å². The van der Waals surface area contributed by atoms with E-state index in [0.29, 0.717) is 29.4 Å². The molecule has 7 nitrogen and oxygen atoms in total. The monoisotopic (exact) mass is 393 g/mol. The van der Waals surface area contributed by atoms with E-state index < -0.39 is 10.0 Å². The van der Waals surface area contributed by atoms with Gasteiger partial charge in [0.1, 0.15) is 0 Å². The molecule has 0 saturated heterocycles. The highest BCUT2D eigenvalue weighted by atomic mass is 32.2. The highest BCUT2D eigenvalue weighted by molar-refractivity contribution is 7.89. The van der Waals surface area contributed by atoms with Crippen molar-refractivity contribution >= 4 is 27.3 Å². The minimum Gasteiger partial charge on any atom is -0.383 e. The number of sulfonamides is 1. The molecule has 0 fully saturated rings. The Kier molecular flexibility index (Phi) is 5.52. The van der Waals surface area contributed by atoms with E-state index in [0.717, 1.165) is 4.88 Å². The molecule has 2 aromatic rings. The van der Waals surface area contributed by atoms with Gasteiger partial charge in [0.05, 0.1) is 23.7 Å². The lowest BCUT2D eigenvalue weighted by Crippen LogP contribution is -2.29. The topological polar surface area (TPSA) is 88.6 Å². The Balaban J connectivity index is 2.06. The number of nitrogens with one attached hydrogen (secondary N) is 1. The van der Waals surface area contributed by atoms with Crippen molar-refractivity contribution in [1.82, 2.24) is 14.6 Å². The number of carbonyl (C=O) groups is 1. The first-order chi connectivity index (χ1) is 12.5. The number of methoxy groups -OCH3 is 1. The molecule has 1 aliphatic heterocycles. The SMILES string of the molecule is C=CCN1Cc2sc(C(=O)NCCOC)nc2-c2ccccc2S1(=O)=O. The van der Waals surface area contributed by atoms with Crippen molar-refractivity contribution in [2.75, 3.05) is 26.8 Å². The van der Waals surface area contributed by atoms with Crippen LogP contribution in [0.15, 0.2) is 41.8 Å². The Morgan fingerprint density at radius 1 is 1.46 bits per heavy atom. The van der Waals surface area contributed by atoms with Crippen LogP contribution in [0.2, 0.25) is 0 Å². The summed E-state index contributed by atoms with van der Waals surface area (Å²) in [4.78, 5) is 17.7. The zero-order valence-corrected chi connectivity index (χ0v) is 15.9. The first-order valence-electron chi connectivity index (χ1n) is 7.96. The van der Waals surface area contributed by atoms with Crippen LogP contribution in [-0.4, -0.2) is 50.4 Å². The Morgan fingerprint density at radius 2 is 2.23 bits per heavy atom. The summed E-state index contributed by atoms with van der Waals surface area (Å²) in [5.74, 6) is -0.296. The smallest absolute Gasteiger partial charge is 0.280 e. The second kappa shape index (κ2) is 7.67. The van der Waals surface area contributed by atoms with Gasteiger partial charge >= 0.3 is 0 Å². The average molecular weight is 393 g/mol. The largest absolute Gasteiger partial charge is 0.383 e. The van der Waals surface area contributed by atoms with Crippen LogP contribution in [0.4, 0.5) is 0 Å². The fourth-order valence-electron chi connectivity index (χ4n) is 2.69. The molecular weight excluding hydrogens is 374 g/mol. The Labute approximate surface area is 156 Å². The van der Waals surface area contributed by atoms with Crippen molar-refractivity contribution in [3.05, 3.63) is 46.8 Å². The molecule has 0 saturated carbocycles. The number of benzene rings is 1. The van der Waals surface area contributed by atoms with E-state index in [4.69, 9.17) is 4.74 Å². The van der Waals surface area contributed by atoms with Gasteiger partial charge in [-0.2, -0.15) is 4.31 Å². The lowest BCUT2D eigenvalue weighted by Gasteiger charge is -2.18. The Hall–Kier alpha value is -2.07. The Bertz CT molecular complexity index is 937. The Morgan fingerprint density at radius 3 is 2.96 bits per heavy atom. The number of fused-ring (bicyclic) bond motifs is 3. The molecule has 0 unspecified atom stereocenters. The molecule has 0 aliphatic carbocycles. The number of hydrogen-bond donors (Lipinski definition) is 1. The van der Waals surface area contributed by atoms with E-state index in [9.17, 15) is 13.2 Å². The normalized spacial score (nSPS) is 15.6. The minimum atomic E-state index is -3.66. The van der Waals surface area contributed by atoms with E-state index in [2.05, 4.69) is 16.9 Å². The maximum Gasteiger partial charge on any atom is 0.280 e. The zero-order chi connectivity index (χ0) is 18.7. The van der Waals surface area contributed by atoms with Gasteiger partial charge in [0, 0.05) is 30.6 Å². The standard InChI is InChI=1S/C17H19N3O4S2/c1-3-9-20-11-13-15(12-6-4-5-7-14(12)26(20,22)23)19-17(25-13)16(21)18-8-10-24-2/h3-7H,1,8-11H2,2H3,(H,18,21). The molecule has 1 aliphatic rings. The molecule has 1 amide bonds. The number of rotatable bonds is 6. The molecule has 2 heterocycles. The van der Waals surface area contributed by atoms with Gasteiger partial charge in [-0.3, -0.25) is 4.79 Å². The van der Waals surface area contributed by atoms with Crippen LogP contribution in [0.25, 0.3) is 11.3 Å². The summed E-state index contributed by atoms with van der Waals surface area (Å²) in [5, 5.41) is 3.04. The summed E-state index contributed by atoms with van der Waals surface area (Å²) < 4.78 is 32.1. The van der Waals surface area contributed by atoms with Gasteiger partial charge in [-0.1, -0.05) is 24.3 Å². The van der Waals surface area contributed by atoms with Gasteiger partial charge in [-0.05, 0) is 6.07 Å². The van der Waals surface area contributed by atoms with E-state index in [1.807, 2.05) is 0 Å². The third kappa shape index (κ3) is 3.43. The predicted octanol–water partition coefficient (Wildman–Crippen LogP) is 1.88. The number of aromatic nitrogens is 1. The van der Waals surface area contributed by atoms with Crippen LogP contribution in [-0.2, 0) is 21.3 Å². The van der Waals surface area contributed by atoms with Crippen molar-refractivity contribution in [3.8, 4) is 11.3 Å². The van der Waals surface area contributed by atoms with Gasteiger partial charge in [0.15, 0.2) is 5.01 Å². The summed E-state index contributed by atoms with van der Waals surface area (Å²) in [7, 11) is -2.10. The predicted molar refractivity (Wildman–Crippen MR) is 99.6 cm³/mol. The molecule has 138 valence electrons. The summed E-state index contributed by atoms with van der Waals surface area (Å²) in [5.41, 5.74) is 1.05. The maximum atomic E-state index is 12.9. The molecular formula is C17H19N3O4S2. The quantitative estimate of drug-likeness (QED) is 0.598. The maximum absolute atomic E-state index is 12.9. The summed E-state index contributed by atoms with van der Waals surface area (Å²) in [6.45, 7) is 4.77. The number of carbonyl (C=O) groups excluding carboxylic acids is 1. The van der Waals surface area contributed by atoms with E-state index in [1.165, 1.54) is 15.6 Å². The fourth-order valence-corrected chi connectivity index (χ4v) is 5.35. The van der Waals surface area contributed by atoms with Crippen LogP contribution in [0.1, 0.15) is 14.7 Å². The molecule has 1 aromatic carbocycles. The van der Waals surface area contributed by atoms with Crippen molar-refractivity contribution in [2.24, 2.45) is 0 Å². The molecule has 1 N–H and O–H groups in total. The lowest BCUT2D eigenvalue weighted by atomic mass is 10.1. The van der Waals surface area contributed by atoms with Gasteiger partial charge in [0.25, 0.3) is 5.91 Å². The van der Waals surface area contributed by atoms with Crippen LogP contribution in [0, 0.1) is 0 Å². The second-order valence-electron chi connectivity index (χ2n) is 5.62. The second-order valence-corrected chi connectivity index (χ2v) is 8.61. The summed E-state index contributed by atoms with van der Waals surface area (Å²) >= 11 is 1.20.